The predicted octanol–water partition coefficient (Wildman–Crippen LogP) is 7.12. The monoisotopic (exact) mass is 522 g/mol. The lowest BCUT2D eigenvalue weighted by Crippen LogP contribution is -2.12. The zero-order valence-electron chi connectivity index (χ0n) is 22.3. The summed E-state index contributed by atoms with van der Waals surface area (Å²) in [5.74, 6) is 0.165. The molecule has 0 fully saturated rings. The van der Waals surface area contributed by atoms with E-state index in [9.17, 15) is 4.79 Å². The third-order valence-corrected chi connectivity index (χ3v) is 6.41. The van der Waals surface area contributed by atoms with E-state index >= 15 is 0 Å². The lowest BCUT2D eigenvalue weighted by atomic mass is 9.93. The largest absolute Gasteiger partial charge is 0.491 e. The summed E-state index contributed by atoms with van der Waals surface area (Å²) < 4.78 is 11.7. The van der Waals surface area contributed by atoms with E-state index in [2.05, 4.69) is 41.7 Å². The lowest BCUT2D eigenvalue weighted by Gasteiger charge is -2.19. The van der Waals surface area contributed by atoms with Crippen LogP contribution < -0.4 is 4.74 Å². The number of allylic oxidation sites excluding steroid dienone is 2. The molecule has 4 rings (SSSR count). The molecule has 1 atom stereocenters. The van der Waals surface area contributed by atoms with E-state index in [-0.39, 0.29) is 13.2 Å². The molecule has 0 bridgehead atoms. The van der Waals surface area contributed by atoms with Crippen molar-refractivity contribution in [1.29, 1.82) is 0 Å². The van der Waals surface area contributed by atoms with Crippen LogP contribution in [0.4, 0.5) is 0 Å². The first kappa shape index (κ1) is 27.7. The summed E-state index contributed by atoms with van der Waals surface area (Å²) in [4.78, 5) is 21.7. The van der Waals surface area contributed by atoms with Crippen LogP contribution in [0.25, 0.3) is 16.5 Å². The fourth-order valence-corrected chi connectivity index (χ4v) is 4.34. The zero-order chi connectivity index (χ0) is 27.5. The second kappa shape index (κ2) is 14.0. The molecule has 6 heteroatoms. The van der Waals surface area contributed by atoms with E-state index in [0.29, 0.717) is 17.7 Å². The molecular weight excluding hydrogens is 488 g/mol. The fraction of sp³-hybridized carbons (Fsp3) is 0.242. The van der Waals surface area contributed by atoms with E-state index in [1.807, 2.05) is 48.7 Å². The van der Waals surface area contributed by atoms with Crippen molar-refractivity contribution in [1.82, 2.24) is 9.97 Å². The summed E-state index contributed by atoms with van der Waals surface area (Å²) in [6.45, 7) is 6.66. The minimum atomic E-state index is -0.578. The van der Waals surface area contributed by atoms with Crippen LogP contribution >= 0.6 is 0 Å². The Labute approximate surface area is 229 Å². The smallest absolute Gasteiger partial charge is 0.338 e. The van der Waals surface area contributed by atoms with Crippen molar-refractivity contribution in [3.8, 4) is 5.75 Å². The molecule has 0 saturated carbocycles. The van der Waals surface area contributed by atoms with Gasteiger partial charge in [0.25, 0.3) is 0 Å². The van der Waals surface area contributed by atoms with Crippen molar-refractivity contribution in [3.05, 3.63) is 120 Å². The number of nitrogens with zero attached hydrogens (tertiary/aromatic N) is 2. The first-order valence-electron chi connectivity index (χ1n) is 13.3. The summed E-state index contributed by atoms with van der Waals surface area (Å²) >= 11 is 0. The summed E-state index contributed by atoms with van der Waals surface area (Å²) in [6, 6.07) is 20.9. The number of hydrogen-bond acceptors (Lipinski definition) is 6. The molecular formula is C33H34N2O4. The van der Waals surface area contributed by atoms with Crippen molar-refractivity contribution in [2.24, 2.45) is 0 Å². The van der Waals surface area contributed by atoms with Crippen LogP contribution in [0.1, 0.15) is 60.2 Å². The third-order valence-electron chi connectivity index (χ3n) is 6.41. The molecule has 200 valence electrons. The lowest BCUT2D eigenvalue weighted by molar-refractivity contribution is 0.0302. The van der Waals surface area contributed by atoms with Gasteiger partial charge in [0.15, 0.2) is 0 Å². The second-order valence-electron chi connectivity index (χ2n) is 9.25. The van der Waals surface area contributed by atoms with Crippen molar-refractivity contribution in [2.45, 2.75) is 38.7 Å². The Bertz CT molecular complexity index is 1430. The molecule has 2 aromatic heterocycles. The number of para-hydroxylation sites is 1. The SMILES string of the molecule is C=C(CCCC)/C(=C/C[C@H](OC(=O)c1ccncc1)c1cccc(OCCO)c1)c1cnc2ccccc2c1. The molecule has 0 aliphatic rings. The Hall–Kier alpha value is -4.29. The highest BCUT2D eigenvalue weighted by atomic mass is 16.5. The normalized spacial score (nSPS) is 12.2. The van der Waals surface area contributed by atoms with Gasteiger partial charge in [-0.3, -0.25) is 9.97 Å². The van der Waals surface area contributed by atoms with Gasteiger partial charge in [-0.25, -0.2) is 4.79 Å². The number of carbonyl (C=O) groups is 1. The highest BCUT2D eigenvalue weighted by Crippen LogP contribution is 2.32. The number of hydrogen-bond donors (Lipinski definition) is 1. The topological polar surface area (TPSA) is 81.5 Å². The Morgan fingerprint density at radius 2 is 1.87 bits per heavy atom. The minimum Gasteiger partial charge on any atom is -0.491 e. The Morgan fingerprint density at radius 1 is 1.05 bits per heavy atom. The molecule has 1 N–H and O–H groups in total. The van der Waals surface area contributed by atoms with Crippen LogP contribution in [0.2, 0.25) is 0 Å². The number of benzene rings is 2. The van der Waals surface area contributed by atoms with Crippen molar-refractivity contribution in [3.63, 3.8) is 0 Å². The summed E-state index contributed by atoms with van der Waals surface area (Å²) in [5, 5.41) is 10.2. The fourth-order valence-electron chi connectivity index (χ4n) is 4.34. The van der Waals surface area contributed by atoms with Crippen LogP contribution in [0.15, 0.2) is 104 Å². The number of fused-ring (bicyclic) bond motifs is 1. The average molecular weight is 523 g/mol. The van der Waals surface area contributed by atoms with Gasteiger partial charge in [0.2, 0.25) is 0 Å². The van der Waals surface area contributed by atoms with E-state index in [1.54, 1.807) is 24.5 Å². The molecule has 0 aliphatic heterocycles. The molecule has 2 heterocycles. The van der Waals surface area contributed by atoms with Crippen molar-refractivity contribution in [2.75, 3.05) is 13.2 Å². The average Bonchev–Trinajstić information content (AvgIpc) is 2.98. The molecule has 0 amide bonds. The van der Waals surface area contributed by atoms with Gasteiger partial charge in [-0.15, -0.1) is 0 Å². The quantitative estimate of drug-likeness (QED) is 0.149. The zero-order valence-corrected chi connectivity index (χ0v) is 22.3. The number of unbranched alkanes of at least 4 members (excludes halogenated alkanes) is 1. The van der Waals surface area contributed by atoms with Gasteiger partial charge in [0, 0.05) is 36.0 Å². The van der Waals surface area contributed by atoms with Gasteiger partial charge in [-0.05, 0) is 65.9 Å². The molecule has 0 radical (unpaired) electrons. The molecule has 0 spiro atoms. The summed E-state index contributed by atoms with van der Waals surface area (Å²) in [5.41, 5.74) is 5.16. The molecule has 0 aliphatic carbocycles. The highest BCUT2D eigenvalue weighted by Gasteiger charge is 2.19. The number of carbonyl (C=O) groups excluding carboxylic acids is 1. The van der Waals surface area contributed by atoms with Gasteiger partial charge < -0.3 is 14.6 Å². The van der Waals surface area contributed by atoms with Gasteiger partial charge >= 0.3 is 5.97 Å². The minimum absolute atomic E-state index is 0.0869. The third kappa shape index (κ3) is 7.62. The number of ether oxygens (including phenoxy) is 2. The second-order valence-corrected chi connectivity index (χ2v) is 9.25. The predicted molar refractivity (Wildman–Crippen MR) is 154 cm³/mol. The van der Waals surface area contributed by atoms with Gasteiger partial charge in [0.1, 0.15) is 18.5 Å². The first-order valence-corrected chi connectivity index (χ1v) is 13.3. The maximum absolute atomic E-state index is 13.1. The molecule has 0 unspecified atom stereocenters. The molecule has 0 saturated heterocycles. The van der Waals surface area contributed by atoms with E-state index < -0.39 is 12.1 Å². The summed E-state index contributed by atoms with van der Waals surface area (Å²) in [6.07, 6.45) is 9.91. The van der Waals surface area contributed by atoms with E-state index in [4.69, 9.17) is 14.6 Å². The van der Waals surface area contributed by atoms with Crippen LogP contribution in [0, 0.1) is 0 Å². The van der Waals surface area contributed by atoms with E-state index in [1.165, 1.54) is 0 Å². The molecule has 39 heavy (non-hydrogen) atoms. The maximum Gasteiger partial charge on any atom is 0.338 e. The van der Waals surface area contributed by atoms with Gasteiger partial charge in [-0.2, -0.15) is 0 Å². The van der Waals surface area contributed by atoms with Crippen molar-refractivity contribution >= 4 is 22.4 Å². The maximum atomic E-state index is 13.1. The number of rotatable bonds is 13. The summed E-state index contributed by atoms with van der Waals surface area (Å²) in [7, 11) is 0. The number of aliphatic hydroxyl groups is 1. The number of esters is 1. The standard InChI is InChI=1S/C33H34N2O4/c1-3-4-8-24(2)30(28-21-26-9-5-6-12-31(26)35-23-28)13-14-32(39-33(37)25-15-17-34-18-16-25)27-10-7-11-29(22-27)38-20-19-36/h5-7,9-13,15-18,21-23,32,36H,2-4,8,14,19-20H2,1H3/b30-13-/t32-/m0/s1. The van der Waals surface area contributed by atoms with Gasteiger partial charge in [0.05, 0.1) is 17.7 Å². The van der Waals surface area contributed by atoms with Crippen LogP contribution in [0.3, 0.4) is 0 Å². The molecule has 2 aromatic carbocycles. The van der Waals surface area contributed by atoms with Gasteiger partial charge in [-0.1, -0.05) is 56.3 Å². The molecule has 4 aromatic rings. The number of aliphatic hydroxyl groups excluding tert-OH is 1. The van der Waals surface area contributed by atoms with Crippen LogP contribution in [0.5, 0.6) is 5.75 Å². The highest BCUT2D eigenvalue weighted by molar-refractivity contribution is 5.89. The Morgan fingerprint density at radius 3 is 2.67 bits per heavy atom. The molecule has 6 nitrogen and oxygen atoms in total. The first-order chi connectivity index (χ1) is 19.1. The van der Waals surface area contributed by atoms with Crippen LogP contribution in [-0.2, 0) is 4.74 Å². The van der Waals surface area contributed by atoms with Crippen LogP contribution in [-0.4, -0.2) is 34.3 Å². The number of pyridine rings is 2. The Kier molecular flexibility index (Phi) is 9.98. The Balaban J connectivity index is 1.69. The van der Waals surface area contributed by atoms with Crippen molar-refractivity contribution < 1.29 is 19.4 Å². The number of aromatic nitrogens is 2. The van der Waals surface area contributed by atoms with E-state index in [0.717, 1.165) is 52.4 Å².